The van der Waals surface area contributed by atoms with E-state index in [1.165, 1.54) is 51.1 Å². The van der Waals surface area contributed by atoms with Crippen molar-refractivity contribution in [3.05, 3.63) is 0 Å². The summed E-state index contributed by atoms with van der Waals surface area (Å²) in [6, 6.07) is 0. The molecule has 0 aromatic heterocycles. The summed E-state index contributed by atoms with van der Waals surface area (Å²) < 4.78 is 0. The van der Waals surface area contributed by atoms with Crippen molar-refractivity contribution in [3.63, 3.8) is 0 Å². The number of halogens is 1. The average molecular weight is 297 g/mol. The molecule has 2 fully saturated rings. The SMILES string of the molecule is ISCC1(CN2CCCC2)CC1. The van der Waals surface area contributed by atoms with Gasteiger partial charge in [-0.2, -0.15) is 0 Å². The summed E-state index contributed by atoms with van der Waals surface area (Å²) >= 11 is 2.44. The Kier molecular flexibility index (Phi) is 3.23. The first-order valence-electron chi connectivity index (χ1n) is 4.81. The monoisotopic (exact) mass is 297 g/mol. The van der Waals surface area contributed by atoms with E-state index < -0.39 is 0 Å². The van der Waals surface area contributed by atoms with E-state index in [0.29, 0.717) is 0 Å². The summed E-state index contributed by atoms with van der Waals surface area (Å²) in [7, 11) is 2.00. The smallest absolute Gasteiger partial charge is 0.0102 e. The summed E-state index contributed by atoms with van der Waals surface area (Å²) in [6.45, 7) is 4.13. The number of nitrogens with zero attached hydrogens (tertiary/aromatic N) is 1. The Labute approximate surface area is 91.2 Å². The minimum absolute atomic E-state index is 0.746. The highest BCUT2D eigenvalue weighted by atomic mass is 127. The van der Waals surface area contributed by atoms with Gasteiger partial charge in [0.15, 0.2) is 0 Å². The van der Waals surface area contributed by atoms with E-state index in [1.807, 2.05) is 8.93 Å². The van der Waals surface area contributed by atoms with Crippen LogP contribution in [-0.2, 0) is 0 Å². The molecule has 2 aliphatic rings. The van der Waals surface area contributed by atoms with Crippen LogP contribution >= 0.6 is 30.1 Å². The maximum atomic E-state index is 2.67. The Hall–Kier alpha value is 1.04. The van der Waals surface area contributed by atoms with Crippen molar-refractivity contribution in [2.24, 2.45) is 5.41 Å². The van der Waals surface area contributed by atoms with Gasteiger partial charge in [0.05, 0.1) is 0 Å². The Morgan fingerprint density at radius 3 is 2.42 bits per heavy atom. The highest BCUT2D eigenvalue weighted by molar-refractivity contribution is 14.2. The molecule has 0 amide bonds. The van der Waals surface area contributed by atoms with Crippen molar-refractivity contribution in [3.8, 4) is 0 Å². The van der Waals surface area contributed by atoms with Crippen LogP contribution in [0.3, 0.4) is 0 Å². The van der Waals surface area contributed by atoms with Gasteiger partial charge in [-0.05, 0) is 65.4 Å². The lowest BCUT2D eigenvalue weighted by atomic mass is 10.1. The molecule has 1 nitrogen and oxygen atoms in total. The fourth-order valence-corrected chi connectivity index (χ4v) is 4.65. The molecule has 0 bridgehead atoms. The Morgan fingerprint density at radius 1 is 1.25 bits per heavy atom. The average Bonchev–Trinajstić information content (AvgIpc) is 2.63. The molecule has 12 heavy (non-hydrogen) atoms. The molecule has 1 saturated carbocycles. The second-order valence-electron chi connectivity index (χ2n) is 4.24. The van der Waals surface area contributed by atoms with Crippen molar-refractivity contribution < 1.29 is 0 Å². The third kappa shape index (κ3) is 2.29. The van der Waals surface area contributed by atoms with E-state index in [2.05, 4.69) is 26.1 Å². The number of likely N-dealkylation sites (tertiary alicyclic amines) is 1. The maximum Gasteiger partial charge on any atom is 0.0102 e. The van der Waals surface area contributed by atoms with Crippen LogP contribution in [0.2, 0.25) is 0 Å². The molecular weight excluding hydrogens is 281 g/mol. The van der Waals surface area contributed by atoms with E-state index >= 15 is 0 Å². The van der Waals surface area contributed by atoms with Gasteiger partial charge in [-0.15, -0.1) is 0 Å². The van der Waals surface area contributed by atoms with Crippen LogP contribution in [0.1, 0.15) is 25.7 Å². The molecule has 0 N–H and O–H groups in total. The Balaban J connectivity index is 1.77. The standard InChI is InChI=1S/C9H16INS/c10-12-8-9(3-4-9)7-11-5-1-2-6-11/h1-8H2. The molecule has 2 rings (SSSR count). The highest BCUT2D eigenvalue weighted by Crippen LogP contribution is 2.49. The number of hydrogen-bond donors (Lipinski definition) is 0. The summed E-state index contributed by atoms with van der Waals surface area (Å²) in [5.74, 6) is 1.38. The largest absolute Gasteiger partial charge is 0.303 e. The van der Waals surface area contributed by atoms with Crippen LogP contribution in [-0.4, -0.2) is 30.3 Å². The first-order valence-corrected chi connectivity index (χ1v) is 8.33. The van der Waals surface area contributed by atoms with Crippen LogP contribution in [0, 0.1) is 5.41 Å². The maximum absolute atomic E-state index is 2.67. The molecule has 1 heterocycles. The highest BCUT2D eigenvalue weighted by Gasteiger charge is 2.43. The second-order valence-corrected chi connectivity index (χ2v) is 6.61. The minimum Gasteiger partial charge on any atom is -0.303 e. The fraction of sp³-hybridized carbons (Fsp3) is 1.00. The van der Waals surface area contributed by atoms with Crippen LogP contribution in [0.15, 0.2) is 0 Å². The predicted octanol–water partition coefficient (Wildman–Crippen LogP) is 2.95. The van der Waals surface area contributed by atoms with Crippen LogP contribution in [0.25, 0.3) is 0 Å². The fourth-order valence-electron chi connectivity index (χ4n) is 2.06. The molecule has 0 atom stereocenters. The summed E-state index contributed by atoms with van der Waals surface area (Å²) in [4.78, 5) is 2.67. The third-order valence-corrected chi connectivity index (χ3v) is 4.73. The van der Waals surface area contributed by atoms with Crippen molar-refractivity contribution in [2.75, 3.05) is 25.4 Å². The number of rotatable bonds is 4. The zero-order valence-corrected chi connectivity index (χ0v) is 10.4. The zero-order valence-electron chi connectivity index (χ0n) is 7.39. The first-order chi connectivity index (χ1) is 5.85. The Morgan fingerprint density at radius 2 is 1.92 bits per heavy atom. The summed E-state index contributed by atoms with van der Waals surface area (Å²) in [6.07, 6.45) is 5.85. The molecule has 0 aromatic carbocycles. The summed E-state index contributed by atoms with van der Waals surface area (Å²) in [5.41, 5.74) is 0.746. The lowest BCUT2D eigenvalue weighted by Gasteiger charge is -2.21. The van der Waals surface area contributed by atoms with E-state index in [-0.39, 0.29) is 0 Å². The van der Waals surface area contributed by atoms with Crippen molar-refractivity contribution in [1.82, 2.24) is 4.90 Å². The van der Waals surface area contributed by atoms with E-state index in [1.54, 1.807) is 0 Å². The molecule has 1 aliphatic carbocycles. The third-order valence-electron chi connectivity index (χ3n) is 3.08. The molecule has 1 saturated heterocycles. The van der Waals surface area contributed by atoms with E-state index in [9.17, 15) is 0 Å². The van der Waals surface area contributed by atoms with Gasteiger partial charge in [0.25, 0.3) is 0 Å². The van der Waals surface area contributed by atoms with E-state index in [4.69, 9.17) is 0 Å². The lowest BCUT2D eigenvalue weighted by molar-refractivity contribution is 0.279. The molecule has 0 aromatic rings. The van der Waals surface area contributed by atoms with Crippen LogP contribution in [0.5, 0.6) is 0 Å². The second kappa shape index (κ2) is 4.05. The molecule has 0 unspecified atom stereocenters. The number of hydrogen-bond acceptors (Lipinski definition) is 2. The normalized spacial score (nSPS) is 27.8. The molecule has 0 radical (unpaired) electrons. The first kappa shape index (κ1) is 9.59. The van der Waals surface area contributed by atoms with Crippen LogP contribution < -0.4 is 0 Å². The molecule has 0 spiro atoms. The van der Waals surface area contributed by atoms with Crippen molar-refractivity contribution in [1.29, 1.82) is 0 Å². The van der Waals surface area contributed by atoms with Gasteiger partial charge in [-0.25, -0.2) is 0 Å². The molecule has 3 heteroatoms. The lowest BCUT2D eigenvalue weighted by Crippen LogP contribution is -2.28. The zero-order chi connectivity index (χ0) is 8.44. The summed E-state index contributed by atoms with van der Waals surface area (Å²) in [5, 5.41) is 0. The predicted molar refractivity (Wildman–Crippen MR) is 63.8 cm³/mol. The van der Waals surface area contributed by atoms with Gasteiger partial charge in [-0.1, -0.05) is 8.93 Å². The minimum atomic E-state index is 0.746. The van der Waals surface area contributed by atoms with Gasteiger partial charge in [0.2, 0.25) is 0 Å². The van der Waals surface area contributed by atoms with Gasteiger partial charge in [-0.3, -0.25) is 0 Å². The van der Waals surface area contributed by atoms with Crippen LogP contribution in [0.4, 0.5) is 0 Å². The van der Waals surface area contributed by atoms with Gasteiger partial charge < -0.3 is 4.90 Å². The van der Waals surface area contributed by atoms with Crippen molar-refractivity contribution >= 4 is 30.1 Å². The van der Waals surface area contributed by atoms with Crippen molar-refractivity contribution in [2.45, 2.75) is 25.7 Å². The van der Waals surface area contributed by atoms with E-state index in [0.717, 1.165) is 5.41 Å². The molecular formula is C9H16INS. The Bertz CT molecular complexity index is 153. The molecule has 70 valence electrons. The molecule has 1 aliphatic heterocycles. The van der Waals surface area contributed by atoms with Gasteiger partial charge in [0, 0.05) is 12.3 Å². The van der Waals surface area contributed by atoms with Gasteiger partial charge >= 0.3 is 0 Å². The topological polar surface area (TPSA) is 3.24 Å². The quantitative estimate of drug-likeness (QED) is 0.734. The van der Waals surface area contributed by atoms with Gasteiger partial charge in [0.1, 0.15) is 0 Å².